The van der Waals surface area contributed by atoms with Crippen LogP contribution in [0.15, 0.2) is 6.07 Å². The Morgan fingerprint density at radius 3 is 2.85 bits per heavy atom. The number of thiophene rings is 1. The summed E-state index contributed by atoms with van der Waals surface area (Å²) < 4.78 is 0. The predicted molar refractivity (Wildman–Crippen MR) is 81.1 cm³/mol. The zero-order valence-corrected chi connectivity index (χ0v) is 12.9. The monoisotopic (exact) mass is 294 g/mol. The molecule has 0 unspecified atom stereocenters. The lowest BCUT2D eigenvalue weighted by molar-refractivity contribution is -0.118. The minimum Gasteiger partial charge on any atom is -0.356 e. The van der Waals surface area contributed by atoms with Crippen molar-refractivity contribution >= 4 is 23.2 Å². The van der Waals surface area contributed by atoms with E-state index in [1.807, 2.05) is 0 Å². The van der Waals surface area contributed by atoms with E-state index in [0.717, 1.165) is 30.1 Å². The average Bonchev–Trinajstić information content (AvgIpc) is 2.80. The molecule has 2 rings (SSSR count). The second kappa shape index (κ2) is 6.88. The quantitative estimate of drug-likeness (QED) is 0.817. The molecule has 1 heterocycles. The summed E-state index contributed by atoms with van der Waals surface area (Å²) in [4.78, 5) is 25.0. The normalized spacial score (nSPS) is 17.4. The Kier molecular flexibility index (Phi) is 5.17. The van der Waals surface area contributed by atoms with E-state index < -0.39 is 0 Å². The molecule has 4 nitrogen and oxygen atoms in total. The zero-order valence-electron chi connectivity index (χ0n) is 12.1. The molecule has 110 valence electrons. The second-order valence-corrected chi connectivity index (χ2v) is 6.64. The van der Waals surface area contributed by atoms with Gasteiger partial charge in [-0.15, -0.1) is 11.3 Å². The van der Waals surface area contributed by atoms with Gasteiger partial charge in [0.15, 0.2) is 0 Å². The van der Waals surface area contributed by atoms with Gasteiger partial charge in [-0.05, 0) is 43.2 Å². The van der Waals surface area contributed by atoms with Crippen molar-refractivity contribution in [3.8, 4) is 0 Å². The molecule has 0 saturated heterocycles. The van der Waals surface area contributed by atoms with Crippen LogP contribution < -0.4 is 10.6 Å². The van der Waals surface area contributed by atoms with Crippen LogP contribution >= 0.6 is 11.3 Å². The van der Waals surface area contributed by atoms with E-state index >= 15 is 0 Å². The number of fused-ring (bicyclic) bond motifs is 1. The molecule has 0 spiro atoms. The van der Waals surface area contributed by atoms with Crippen molar-refractivity contribution in [2.45, 2.75) is 39.5 Å². The zero-order chi connectivity index (χ0) is 14.5. The molecule has 1 aromatic heterocycles. The molecule has 0 saturated carbocycles. The van der Waals surface area contributed by atoms with E-state index in [0.29, 0.717) is 13.1 Å². The van der Waals surface area contributed by atoms with Crippen molar-refractivity contribution in [1.29, 1.82) is 0 Å². The van der Waals surface area contributed by atoms with Crippen molar-refractivity contribution in [3.05, 3.63) is 21.4 Å². The van der Waals surface area contributed by atoms with Crippen molar-refractivity contribution in [1.82, 2.24) is 10.6 Å². The molecule has 1 aliphatic carbocycles. The largest absolute Gasteiger partial charge is 0.356 e. The third-order valence-corrected chi connectivity index (χ3v) is 4.80. The van der Waals surface area contributed by atoms with Crippen LogP contribution in [0.4, 0.5) is 0 Å². The van der Waals surface area contributed by atoms with E-state index in [9.17, 15) is 9.59 Å². The molecule has 1 aliphatic rings. The molecule has 0 fully saturated rings. The first-order chi connectivity index (χ1) is 9.56. The highest BCUT2D eigenvalue weighted by atomic mass is 32.1. The first-order valence-corrected chi connectivity index (χ1v) is 8.02. The fourth-order valence-electron chi connectivity index (χ4n) is 2.46. The highest BCUT2D eigenvalue weighted by Crippen LogP contribution is 2.32. The van der Waals surface area contributed by atoms with Gasteiger partial charge in [0, 0.05) is 24.9 Å². The van der Waals surface area contributed by atoms with Crippen molar-refractivity contribution < 1.29 is 9.59 Å². The molecule has 2 N–H and O–H groups in total. The first kappa shape index (κ1) is 15.0. The smallest absolute Gasteiger partial charge is 0.261 e. The van der Waals surface area contributed by atoms with Crippen LogP contribution in [0, 0.1) is 5.92 Å². The third kappa shape index (κ3) is 4.07. The molecule has 1 aromatic rings. The van der Waals surface area contributed by atoms with E-state index in [1.165, 1.54) is 23.8 Å². The number of hydrogen-bond donors (Lipinski definition) is 2. The molecular weight excluding hydrogens is 272 g/mol. The van der Waals surface area contributed by atoms with Crippen molar-refractivity contribution in [3.63, 3.8) is 0 Å². The van der Waals surface area contributed by atoms with Crippen molar-refractivity contribution in [2.24, 2.45) is 5.92 Å². The Morgan fingerprint density at radius 2 is 2.10 bits per heavy atom. The van der Waals surface area contributed by atoms with Crippen LogP contribution in [0.3, 0.4) is 0 Å². The van der Waals surface area contributed by atoms with E-state index in [4.69, 9.17) is 0 Å². The first-order valence-electron chi connectivity index (χ1n) is 7.20. The molecular formula is C15H22N2O2S. The molecule has 0 aromatic carbocycles. The lowest BCUT2D eigenvalue weighted by Gasteiger charge is -2.16. The van der Waals surface area contributed by atoms with E-state index in [2.05, 4.69) is 23.6 Å². The van der Waals surface area contributed by atoms with Gasteiger partial charge in [0.05, 0.1) is 4.88 Å². The molecule has 1 atom stereocenters. The maximum Gasteiger partial charge on any atom is 0.261 e. The average molecular weight is 294 g/mol. The Morgan fingerprint density at radius 1 is 1.35 bits per heavy atom. The van der Waals surface area contributed by atoms with E-state index in [-0.39, 0.29) is 11.8 Å². The second-order valence-electron chi connectivity index (χ2n) is 5.50. The summed E-state index contributed by atoms with van der Waals surface area (Å²) in [7, 11) is 0. The van der Waals surface area contributed by atoms with Gasteiger partial charge in [0.25, 0.3) is 5.91 Å². The highest BCUT2D eigenvalue weighted by Gasteiger charge is 2.20. The minimum atomic E-state index is -0.0311. The lowest BCUT2D eigenvalue weighted by Crippen LogP contribution is -2.28. The fraction of sp³-hybridized carbons (Fsp3) is 0.600. The minimum absolute atomic E-state index is 0.0138. The summed E-state index contributed by atoms with van der Waals surface area (Å²) in [6.07, 6.45) is 4.19. The Balaban J connectivity index is 1.80. The van der Waals surface area contributed by atoms with Gasteiger partial charge < -0.3 is 10.6 Å². The third-order valence-electron chi connectivity index (χ3n) is 3.57. The lowest BCUT2D eigenvalue weighted by atomic mass is 9.90. The Bertz CT molecular complexity index is 496. The van der Waals surface area contributed by atoms with Crippen LogP contribution in [0.25, 0.3) is 0 Å². The standard InChI is InChI=1S/C15H22N2O2S/c1-10-4-5-13-12(8-10)9-14(20-13)15(19)17-7-3-6-16-11(2)18/h9-10H,3-8H2,1-2H3,(H,16,18)(H,17,19)/t10-/m0/s1. The maximum absolute atomic E-state index is 12.1. The number of aryl methyl sites for hydroxylation is 1. The molecule has 0 bridgehead atoms. The van der Waals surface area contributed by atoms with Gasteiger partial charge in [0.2, 0.25) is 5.91 Å². The topological polar surface area (TPSA) is 58.2 Å². The number of rotatable bonds is 5. The highest BCUT2D eigenvalue weighted by molar-refractivity contribution is 7.14. The van der Waals surface area contributed by atoms with Gasteiger partial charge >= 0.3 is 0 Å². The molecule has 5 heteroatoms. The number of hydrogen-bond acceptors (Lipinski definition) is 3. The number of carbonyl (C=O) groups excluding carboxylic acids is 2. The summed E-state index contributed by atoms with van der Waals surface area (Å²) in [6, 6.07) is 2.05. The van der Waals surface area contributed by atoms with Gasteiger partial charge in [-0.25, -0.2) is 0 Å². The molecule has 0 aliphatic heterocycles. The van der Waals surface area contributed by atoms with Gasteiger partial charge in [-0.1, -0.05) is 6.92 Å². The van der Waals surface area contributed by atoms with Crippen LogP contribution in [-0.4, -0.2) is 24.9 Å². The molecule has 2 amide bonds. The molecule has 20 heavy (non-hydrogen) atoms. The summed E-state index contributed by atoms with van der Waals surface area (Å²) in [5.74, 6) is 0.710. The predicted octanol–water partition coefficient (Wildman–Crippen LogP) is 2.13. The Labute approximate surface area is 124 Å². The van der Waals surface area contributed by atoms with Crippen molar-refractivity contribution in [2.75, 3.05) is 13.1 Å². The van der Waals surface area contributed by atoms with Crippen LogP contribution in [0.2, 0.25) is 0 Å². The summed E-state index contributed by atoms with van der Waals surface area (Å²) in [6.45, 7) is 4.96. The van der Waals surface area contributed by atoms with Crippen LogP contribution in [0.1, 0.15) is 46.8 Å². The summed E-state index contributed by atoms with van der Waals surface area (Å²) >= 11 is 1.63. The van der Waals surface area contributed by atoms with Crippen LogP contribution in [0.5, 0.6) is 0 Å². The fourth-order valence-corrected chi connectivity index (χ4v) is 3.58. The number of nitrogens with one attached hydrogen (secondary N) is 2. The molecule has 0 radical (unpaired) electrons. The van der Waals surface area contributed by atoms with Gasteiger partial charge in [-0.3, -0.25) is 9.59 Å². The van der Waals surface area contributed by atoms with Gasteiger partial charge in [-0.2, -0.15) is 0 Å². The number of carbonyl (C=O) groups is 2. The summed E-state index contributed by atoms with van der Waals surface area (Å²) in [5, 5.41) is 5.63. The number of amides is 2. The summed E-state index contributed by atoms with van der Waals surface area (Å²) in [5.41, 5.74) is 1.36. The van der Waals surface area contributed by atoms with Gasteiger partial charge in [0.1, 0.15) is 0 Å². The maximum atomic E-state index is 12.1. The van der Waals surface area contributed by atoms with Crippen LogP contribution in [-0.2, 0) is 17.6 Å². The Hall–Kier alpha value is -1.36. The SMILES string of the molecule is CC(=O)NCCCNC(=O)c1cc2c(s1)CC[C@H](C)C2. The van der Waals surface area contributed by atoms with E-state index in [1.54, 1.807) is 11.3 Å².